The number of nitrogens with one attached hydrogen (secondary N) is 1. The Balaban J connectivity index is 1.79. The van der Waals surface area contributed by atoms with Crippen LogP contribution in [0.25, 0.3) is 11.2 Å². The molecule has 0 amide bonds. The van der Waals surface area contributed by atoms with Gasteiger partial charge in [-0.25, -0.2) is 9.97 Å². The van der Waals surface area contributed by atoms with Crippen molar-refractivity contribution in [1.82, 2.24) is 19.9 Å². The second kappa shape index (κ2) is 5.29. The van der Waals surface area contributed by atoms with Crippen LogP contribution in [0.15, 0.2) is 18.3 Å². The Hall–Kier alpha value is -1.42. The van der Waals surface area contributed by atoms with Gasteiger partial charge in [-0.1, -0.05) is 6.42 Å². The zero-order valence-electron chi connectivity index (χ0n) is 11.8. The molecule has 0 radical (unpaired) electrons. The van der Waals surface area contributed by atoms with E-state index in [1.165, 1.54) is 25.8 Å². The van der Waals surface area contributed by atoms with Crippen molar-refractivity contribution in [2.75, 3.05) is 6.54 Å². The molecule has 1 aliphatic rings. The number of H-pyrrole nitrogens is 1. The zero-order valence-corrected chi connectivity index (χ0v) is 11.8. The number of fused-ring (bicyclic) bond motifs is 1. The first-order valence-corrected chi connectivity index (χ1v) is 7.29. The van der Waals surface area contributed by atoms with E-state index < -0.39 is 0 Å². The van der Waals surface area contributed by atoms with Gasteiger partial charge in [-0.05, 0) is 45.4 Å². The third kappa shape index (κ3) is 2.63. The van der Waals surface area contributed by atoms with Crippen molar-refractivity contribution >= 4 is 11.2 Å². The number of rotatable bonds is 3. The summed E-state index contributed by atoms with van der Waals surface area (Å²) in [6.07, 6.45) is 6.76. The molecule has 4 heteroatoms. The van der Waals surface area contributed by atoms with Crippen molar-refractivity contribution in [3.63, 3.8) is 0 Å². The highest BCUT2D eigenvalue weighted by atomic mass is 15.2. The first-order chi connectivity index (χ1) is 9.24. The van der Waals surface area contributed by atoms with E-state index in [0.29, 0.717) is 12.1 Å². The van der Waals surface area contributed by atoms with Gasteiger partial charge < -0.3 is 4.98 Å². The Kier molecular flexibility index (Phi) is 3.51. The lowest BCUT2D eigenvalue weighted by atomic mass is 9.97. The van der Waals surface area contributed by atoms with Crippen LogP contribution in [0.4, 0.5) is 0 Å². The SMILES string of the molecule is CC(C)N1CCCCC1Cc1nc2ncccc2[nH]1. The molecule has 3 rings (SSSR count). The molecule has 19 heavy (non-hydrogen) atoms. The number of aromatic nitrogens is 3. The van der Waals surface area contributed by atoms with Crippen molar-refractivity contribution in [2.45, 2.75) is 51.6 Å². The third-order valence-electron chi connectivity index (χ3n) is 4.07. The predicted molar refractivity (Wildman–Crippen MR) is 77.1 cm³/mol. The summed E-state index contributed by atoms with van der Waals surface area (Å²) in [5.41, 5.74) is 1.88. The molecule has 1 fully saturated rings. The maximum absolute atomic E-state index is 4.61. The number of aromatic amines is 1. The average Bonchev–Trinajstić information content (AvgIpc) is 2.81. The van der Waals surface area contributed by atoms with Gasteiger partial charge in [-0.15, -0.1) is 0 Å². The van der Waals surface area contributed by atoms with Crippen molar-refractivity contribution in [2.24, 2.45) is 0 Å². The van der Waals surface area contributed by atoms with Crippen molar-refractivity contribution < 1.29 is 0 Å². The monoisotopic (exact) mass is 258 g/mol. The summed E-state index contributed by atoms with van der Waals surface area (Å²) in [5.74, 6) is 1.08. The van der Waals surface area contributed by atoms with E-state index in [9.17, 15) is 0 Å². The fourth-order valence-electron chi connectivity index (χ4n) is 3.14. The number of hydrogen-bond acceptors (Lipinski definition) is 3. The highest BCUT2D eigenvalue weighted by Crippen LogP contribution is 2.22. The van der Waals surface area contributed by atoms with Crippen LogP contribution in [0.5, 0.6) is 0 Å². The van der Waals surface area contributed by atoms with Crippen molar-refractivity contribution in [3.8, 4) is 0 Å². The number of nitrogens with zero attached hydrogens (tertiary/aromatic N) is 3. The van der Waals surface area contributed by atoms with Gasteiger partial charge >= 0.3 is 0 Å². The minimum atomic E-state index is 0.618. The number of likely N-dealkylation sites (tertiary alicyclic amines) is 1. The largest absolute Gasteiger partial charge is 0.341 e. The molecule has 102 valence electrons. The van der Waals surface area contributed by atoms with Crippen LogP contribution in [0.3, 0.4) is 0 Å². The first kappa shape index (κ1) is 12.6. The molecular weight excluding hydrogens is 236 g/mol. The van der Waals surface area contributed by atoms with Gasteiger partial charge in [0.1, 0.15) is 5.82 Å². The average molecular weight is 258 g/mol. The topological polar surface area (TPSA) is 44.8 Å². The molecule has 0 aliphatic carbocycles. The van der Waals surface area contributed by atoms with Crippen molar-refractivity contribution in [1.29, 1.82) is 0 Å². The maximum Gasteiger partial charge on any atom is 0.177 e. The molecule has 0 spiro atoms. The van der Waals surface area contributed by atoms with E-state index in [4.69, 9.17) is 0 Å². The second-order valence-corrected chi connectivity index (χ2v) is 5.74. The number of piperidine rings is 1. The molecule has 1 saturated heterocycles. The Morgan fingerprint density at radius 1 is 1.42 bits per heavy atom. The lowest BCUT2D eigenvalue weighted by Gasteiger charge is -2.38. The second-order valence-electron chi connectivity index (χ2n) is 5.74. The Labute approximate surface area is 114 Å². The molecule has 0 aromatic carbocycles. The predicted octanol–water partition coefficient (Wildman–Crippen LogP) is 2.76. The molecule has 0 saturated carbocycles. The Morgan fingerprint density at radius 2 is 2.32 bits per heavy atom. The van der Waals surface area contributed by atoms with E-state index >= 15 is 0 Å². The van der Waals surface area contributed by atoms with Gasteiger partial charge in [0.05, 0.1) is 5.52 Å². The molecule has 3 heterocycles. The van der Waals surface area contributed by atoms with Crippen LogP contribution >= 0.6 is 0 Å². The van der Waals surface area contributed by atoms with Gasteiger partial charge in [0, 0.05) is 24.7 Å². The van der Waals surface area contributed by atoms with Gasteiger partial charge in [-0.3, -0.25) is 4.90 Å². The maximum atomic E-state index is 4.61. The Bertz CT molecular complexity index is 513. The summed E-state index contributed by atoms with van der Waals surface area (Å²) >= 11 is 0. The minimum Gasteiger partial charge on any atom is -0.341 e. The van der Waals surface area contributed by atoms with Crippen LogP contribution in [0.1, 0.15) is 38.9 Å². The number of pyridine rings is 1. The summed E-state index contributed by atoms with van der Waals surface area (Å²) in [7, 11) is 0. The lowest BCUT2D eigenvalue weighted by Crippen LogP contribution is -2.45. The van der Waals surface area contributed by atoms with E-state index in [1.54, 1.807) is 6.20 Å². The van der Waals surface area contributed by atoms with Gasteiger partial charge in [0.25, 0.3) is 0 Å². The van der Waals surface area contributed by atoms with Crippen LogP contribution in [0.2, 0.25) is 0 Å². The molecule has 0 bridgehead atoms. The van der Waals surface area contributed by atoms with Crippen LogP contribution < -0.4 is 0 Å². The number of hydrogen-bond donors (Lipinski definition) is 1. The van der Waals surface area contributed by atoms with Gasteiger partial charge in [0.2, 0.25) is 0 Å². The van der Waals surface area contributed by atoms with Gasteiger partial charge in [0.15, 0.2) is 5.65 Å². The van der Waals surface area contributed by atoms with E-state index in [1.807, 2.05) is 12.1 Å². The molecule has 1 N–H and O–H groups in total. The van der Waals surface area contributed by atoms with E-state index in [0.717, 1.165) is 23.4 Å². The summed E-state index contributed by atoms with van der Waals surface area (Å²) in [6.45, 7) is 5.80. The molecular formula is C15H22N4. The molecule has 1 unspecified atom stereocenters. The smallest absolute Gasteiger partial charge is 0.177 e. The normalized spacial score (nSPS) is 21.3. The number of imidazole rings is 1. The minimum absolute atomic E-state index is 0.618. The lowest BCUT2D eigenvalue weighted by molar-refractivity contribution is 0.110. The Morgan fingerprint density at radius 3 is 3.11 bits per heavy atom. The standard InChI is InChI=1S/C15H22N4/c1-11(2)19-9-4-3-6-12(19)10-14-17-13-7-5-8-16-15(13)18-14/h5,7-8,11-12H,3-4,6,9-10H2,1-2H3,(H,16,17,18). The van der Waals surface area contributed by atoms with Crippen molar-refractivity contribution in [3.05, 3.63) is 24.2 Å². The summed E-state index contributed by atoms with van der Waals surface area (Å²) in [4.78, 5) is 14.9. The molecule has 2 aromatic rings. The molecule has 1 atom stereocenters. The fraction of sp³-hybridized carbons (Fsp3) is 0.600. The van der Waals surface area contributed by atoms with E-state index in [-0.39, 0.29) is 0 Å². The van der Waals surface area contributed by atoms with Crippen LogP contribution in [-0.2, 0) is 6.42 Å². The quantitative estimate of drug-likeness (QED) is 0.920. The highest BCUT2D eigenvalue weighted by molar-refractivity contribution is 5.69. The molecule has 2 aromatic heterocycles. The summed E-state index contributed by atoms with van der Waals surface area (Å²) in [5, 5.41) is 0. The first-order valence-electron chi connectivity index (χ1n) is 7.29. The molecule has 4 nitrogen and oxygen atoms in total. The summed E-state index contributed by atoms with van der Waals surface area (Å²) < 4.78 is 0. The fourth-order valence-corrected chi connectivity index (χ4v) is 3.14. The molecule has 1 aliphatic heterocycles. The zero-order chi connectivity index (χ0) is 13.2. The third-order valence-corrected chi connectivity index (χ3v) is 4.07. The summed E-state index contributed by atoms with van der Waals surface area (Å²) in [6, 6.07) is 5.23. The van der Waals surface area contributed by atoms with E-state index in [2.05, 4.69) is 33.7 Å². The van der Waals surface area contributed by atoms with Crippen LogP contribution in [-0.4, -0.2) is 38.5 Å². The van der Waals surface area contributed by atoms with Gasteiger partial charge in [-0.2, -0.15) is 0 Å². The highest BCUT2D eigenvalue weighted by Gasteiger charge is 2.25. The van der Waals surface area contributed by atoms with Crippen LogP contribution in [0, 0.1) is 0 Å².